The summed E-state index contributed by atoms with van der Waals surface area (Å²) in [5.41, 5.74) is 0.831. The average molecular weight is 255 g/mol. The number of hydrogen-bond donors (Lipinski definition) is 1. The van der Waals surface area contributed by atoms with Gasteiger partial charge in [-0.05, 0) is 0 Å². The molecule has 3 nitrogen and oxygen atoms in total. The number of piperazine rings is 1. The maximum absolute atomic E-state index is 11.8. The van der Waals surface area contributed by atoms with Crippen LogP contribution in [0, 0.1) is 0 Å². The Labute approximate surface area is 109 Å². The summed E-state index contributed by atoms with van der Waals surface area (Å²) in [6.07, 6.45) is 0.629. The first-order chi connectivity index (χ1) is 7.86. The van der Waals surface area contributed by atoms with E-state index < -0.39 is 0 Å². The van der Waals surface area contributed by atoms with Crippen molar-refractivity contribution in [3.8, 4) is 0 Å². The quantitative estimate of drug-likeness (QED) is 0.829. The van der Waals surface area contributed by atoms with E-state index in [-0.39, 0.29) is 18.2 Å². The summed E-state index contributed by atoms with van der Waals surface area (Å²) in [4.78, 5) is 14.2. The topological polar surface area (TPSA) is 32.3 Å². The van der Waals surface area contributed by atoms with Crippen molar-refractivity contribution < 1.29 is 4.79 Å². The minimum Gasteiger partial charge on any atom is -0.314 e. The predicted molar refractivity (Wildman–Crippen MR) is 71.9 cm³/mol. The molecule has 1 fully saturated rings. The minimum absolute atomic E-state index is 0. The Balaban J connectivity index is 0.00000144. The van der Waals surface area contributed by atoms with Crippen LogP contribution in [0.1, 0.15) is 16.8 Å². The lowest BCUT2D eigenvalue weighted by molar-refractivity contribution is 0.0960. The number of carbonyl (C=O) groups excluding carboxylic acids is 1. The van der Waals surface area contributed by atoms with E-state index in [0.717, 1.165) is 38.3 Å². The fourth-order valence-corrected chi connectivity index (χ4v) is 1.96. The molecule has 94 valence electrons. The Morgan fingerprint density at radius 3 is 2.47 bits per heavy atom. The third-order valence-electron chi connectivity index (χ3n) is 2.96. The Morgan fingerprint density at radius 1 is 1.18 bits per heavy atom. The zero-order valence-electron chi connectivity index (χ0n) is 9.89. The lowest BCUT2D eigenvalue weighted by Crippen LogP contribution is -2.44. The molecule has 0 atom stereocenters. The molecule has 1 aliphatic rings. The summed E-state index contributed by atoms with van der Waals surface area (Å²) in [7, 11) is 0. The van der Waals surface area contributed by atoms with Crippen molar-refractivity contribution in [2.75, 3.05) is 32.7 Å². The molecule has 17 heavy (non-hydrogen) atoms. The summed E-state index contributed by atoms with van der Waals surface area (Å²) in [6.45, 7) is 5.08. The van der Waals surface area contributed by atoms with Gasteiger partial charge in [0.25, 0.3) is 0 Å². The van der Waals surface area contributed by atoms with E-state index in [2.05, 4.69) is 10.2 Å². The molecule has 1 saturated heterocycles. The van der Waals surface area contributed by atoms with Crippen LogP contribution in [-0.4, -0.2) is 43.4 Å². The zero-order valence-corrected chi connectivity index (χ0v) is 10.7. The molecule has 4 heteroatoms. The first-order valence-corrected chi connectivity index (χ1v) is 5.87. The number of rotatable bonds is 4. The van der Waals surface area contributed by atoms with Crippen molar-refractivity contribution in [1.82, 2.24) is 10.2 Å². The van der Waals surface area contributed by atoms with Crippen LogP contribution in [0.15, 0.2) is 30.3 Å². The molecule has 1 heterocycles. The van der Waals surface area contributed by atoms with Crippen molar-refractivity contribution in [1.29, 1.82) is 0 Å². The summed E-state index contributed by atoms with van der Waals surface area (Å²) in [6, 6.07) is 9.55. The number of benzene rings is 1. The highest BCUT2D eigenvalue weighted by Gasteiger charge is 2.11. The maximum atomic E-state index is 11.8. The molecule has 0 aromatic heterocycles. The monoisotopic (exact) mass is 254 g/mol. The number of halogens is 1. The van der Waals surface area contributed by atoms with Crippen molar-refractivity contribution in [3.05, 3.63) is 35.9 Å². The average Bonchev–Trinajstić information content (AvgIpc) is 2.38. The largest absolute Gasteiger partial charge is 0.314 e. The van der Waals surface area contributed by atoms with Gasteiger partial charge in [0.2, 0.25) is 0 Å². The van der Waals surface area contributed by atoms with Crippen LogP contribution in [0.2, 0.25) is 0 Å². The van der Waals surface area contributed by atoms with Crippen LogP contribution in [0.5, 0.6) is 0 Å². The van der Waals surface area contributed by atoms with Gasteiger partial charge in [0.15, 0.2) is 5.78 Å². The van der Waals surface area contributed by atoms with Gasteiger partial charge < -0.3 is 10.2 Å². The van der Waals surface area contributed by atoms with Gasteiger partial charge in [-0.2, -0.15) is 0 Å². The highest BCUT2D eigenvalue weighted by molar-refractivity contribution is 5.96. The first kappa shape index (κ1) is 14.2. The molecule has 0 unspecified atom stereocenters. The first-order valence-electron chi connectivity index (χ1n) is 5.87. The molecule has 0 spiro atoms. The zero-order chi connectivity index (χ0) is 11.2. The van der Waals surface area contributed by atoms with Gasteiger partial charge in [0, 0.05) is 44.7 Å². The second-order valence-corrected chi connectivity index (χ2v) is 4.13. The lowest BCUT2D eigenvalue weighted by Gasteiger charge is -2.26. The molecule has 0 amide bonds. The third kappa shape index (κ3) is 4.46. The van der Waals surface area contributed by atoms with E-state index in [4.69, 9.17) is 0 Å². The number of carbonyl (C=O) groups is 1. The Morgan fingerprint density at radius 2 is 1.82 bits per heavy atom. The van der Waals surface area contributed by atoms with Crippen molar-refractivity contribution in [2.24, 2.45) is 0 Å². The molecule has 0 aliphatic carbocycles. The molecule has 1 N–H and O–H groups in total. The van der Waals surface area contributed by atoms with E-state index in [9.17, 15) is 4.79 Å². The van der Waals surface area contributed by atoms with Crippen molar-refractivity contribution in [2.45, 2.75) is 6.42 Å². The van der Waals surface area contributed by atoms with Gasteiger partial charge in [0.05, 0.1) is 0 Å². The van der Waals surface area contributed by atoms with E-state index in [1.807, 2.05) is 30.3 Å². The van der Waals surface area contributed by atoms with Gasteiger partial charge >= 0.3 is 0 Å². The number of ketones is 1. The van der Waals surface area contributed by atoms with Crippen molar-refractivity contribution in [3.63, 3.8) is 0 Å². The molecule has 1 aromatic carbocycles. The van der Waals surface area contributed by atoms with E-state index >= 15 is 0 Å². The van der Waals surface area contributed by atoms with E-state index in [1.165, 1.54) is 0 Å². The molecule has 0 radical (unpaired) electrons. The standard InChI is InChI=1S/C13H18N2O.ClH/c16-13(12-4-2-1-3-5-12)6-9-15-10-7-14-8-11-15;/h1-5,14H,6-11H2;1H. The number of Topliss-reactive ketones (excluding diaryl/α,β-unsaturated/α-hetero) is 1. The predicted octanol–water partition coefficient (Wildman–Crippen LogP) is 1.59. The molecule has 2 rings (SSSR count). The summed E-state index contributed by atoms with van der Waals surface area (Å²) >= 11 is 0. The summed E-state index contributed by atoms with van der Waals surface area (Å²) < 4.78 is 0. The normalized spacial score (nSPS) is 16.2. The molecular weight excluding hydrogens is 236 g/mol. The van der Waals surface area contributed by atoms with Crippen LogP contribution in [0.25, 0.3) is 0 Å². The highest BCUT2D eigenvalue weighted by Crippen LogP contribution is 2.04. The summed E-state index contributed by atoms with van der Waals surface area (Å²) in [5, 5.41) is 3.31. The summed E-state index contributed by atoms with van der Waals surface area (Å²) in [5.74, 6) is 0.249. The van der Waals surface area contributed by atoms with E-state index in [1.54, 1.807) is 0 Å². The fourth-order valence-electron chi connectivity index (χ4n) is 1.96. The van der Waals surface area contributed by atoms with Gasteiger partial charge in [0.1, 0.15) is 0 Å². The molecular formula is C13H19ClN2O. The SMILES string of the molecule is Cl.O=C(CCN1CCNCC1)c1ccccc1. The Bertz CT molecular complexity index is 337. The second-order valence-electron chi connectivity index (χ2n) is 4.13. The minimum atomic E-state index is 0. The molecule has 1 aliphatic heterocycles. The van der Waals surface area contributed by atoms with Gasteiger partial charge in [-0.25, -0.2) is 0 Å². The highest BCUT2D eigenvalue weighted by atomic mass is 35.5. The van der Waals surface area contributed by atoms with Gasteiger partial charge in [-0.15, -0.1) is 12.4 Å². The number of nitrogens with one attached hydrogen (secondary N) is 1. The Kier molecular flexibility index (Phi) is 6.19. The number of hydrogen-bond acceptors (Lipinski definition) is 3. The second kappa shape index (κ2) is 7.43. The van der Waals surface area contributed by atoms with Crippen LogP contribution < -0.4 is 5.32 Å². The molecule has 0 saturated carbocycles. The molecule has 0 bridgehead atoms. The lowest BCUT2D eigenvalue weighted by atomic mass is 10.1. The van der Waals surface area contributed by atoms with Crippen LogP contribution in [0.4, 0.5) is 0 Å². The van der Waals surface area contributed by atoms with Crippen molar-refractivity contribution >= 4 is 18.2 Å². The Hall–Kier alpha value is -0.900. The van der Waals surface area contributed by atoms with E-state index in [0.29, 0.717) is 6.42 Å². The third-order valence-corrected chi connectivity index (χ3v) is 2.96. The van der Waals surface area contributed by atoms with Crippen LogP contribution in [-0.2, 0) is 0 Å². The van der Waals surface area contributed by atoms with Gasteiger partial charge in [-0.1, -0.05) is 30.3 Å². The maximum Gasteiger partial charge on any atom is 0.164 e. The fraction of sp³-hybridized carbons (Fsp3) is 0.462. The van der Waals surface area contributed by atoms with Gasteiger partial charge in [-0.3, -0.25) is 4.79 Å². The smallest absolute Gasteiger partial charge is 0.164 e. The van der Waals surface area contributed by atoms with Crippen LogP contribution in [0.3, 0.4) is 0 Å². The molecule has 1 aromatic rings. The van der Waals surface area contributed by atoms with Crippen LogP contribution >= 0.6 is 12.4 Å². The number of nitrogens with zero attached hydrogens (tertiary/aromatic N) is 1.